The lowest BCUT2D eigenvalue weighted by Gasteiger charge is -2.22. The lowest BCUT2D eigenvalue weighted by Crippen LogP contribution is -2.33. The van der Waals surface area contributed by atoms with E-state index in [0.29, 0.717) is 0 Å². The van der Waals surface area contributed by atoms with Gasteiger partial charge in [0.15, 0.2) is 0 Å². The smallest absolute Gasteiger partial charge is 0.237 e. The predicted octanol–water partition coefficient (Wildman–Crippen LogP) is 16.2. The van der Waals surface area contributed by atoms with Crippen LogP contribution in [0.1, 0.15) is 245 Å². The fraction of sp³-hybridized carbons (Fsp3) is 0.891. The molecule has 0 atom stereocenters. The Morgan fingerprint density at radius 3 is 0.837 bits per heavy atom. The summed E-state index contributed by atoms with van der Waals surface area (Å²) in [7, 11) is 0. The molecular formula is C46H88ClNO. The second kappa shape index (κ2) is 43.4. The minimum Gasteiger partial charge on any atom is -0.342 e. The quantitative estimate of drug-likeness (QED) is 0.0352. The van der Waals surface area contributed by atoms with Crippen LogP contribution in [0.15, 0.2) is 24.3 Å². The number of carbonyl (C=O) groups is 1. The molecule has 0 aliphatic carbocycles. The highest BCUT2D eigenvalue weighted by Gasteiger charge is 2.11. The second-order valence-electron chi connectivity index (χ2n) is 15.2. The summed E-state index contributed by atoms with van der Waals surface area (Å²) in [4.78, 5) is 14.4. The first-order chi connectivity index (χ1) is 24.3. The van der Waals surface area contributed by atoms with Gasteiger partial charge in [-0.1, -0.05) is 205 Å². The number of carbonyl (C=O) groups excluding carboxylic acids is 1. The van der Waals surface area contributed by atoms with Crippen molar-refractivity contribution in [1.82, 2.24) is 4.90 Å². The number of alkyl halides is 1. The summed E-state index contributed by atoms with van der Waals surface area (Å²) in [5.41, 5.74) is 0. The maximum Gasteiger partial charge on any atom is 0.237 e. The summed E-state index contributed by atoms with van der Waals surface area (Å²) >= 11 is 5.94. The molecule has 2 nitrogen and oxygen atoms in total. The third kappa shape index (κ3) is 39.9. The monoisotopic (exact) mass is 706 g/mol. The highest BCUT2D eigenvalue weighted by atomic mass is 35.5. The zero-order valence-electron chi connectivity index (χ0n) is 33.6. The topological polar surface area (TPSA) is 20.3 Å². The third-order valence-electron chi connectivity index (χ3n) is 10.3. The first-order valence-electron chi connectivity index (χ1n) is 22.4. The molecule has 0 heterocycles. The van der Waals surface area contributed by atoms with Gasteiger partial charge in [0.2, 0.25) is 5.91 Å². The van der Waals surface area contributed by atoms with Gasteiger partial charge in [0.25, 0.3) is 0 Å². The Labute approximate surface area is 314 Å². The largest absolute Gasteiger partial charge is 0.342 e. The van der Waals surface area contributed by atoms with E-state index in [9.17, 15) is 4.79 Å². The number of halogens is 1. The average Bonchev–Trinajstić information content (AvgIpc) is 3.11. The molecule has 0 saturated heterocycles. The normalized spacial score (nSPS) is 11.8. The molecule has 1 amide bonds. The van der Waals surface area contributed by atoms with Crippen LogP contribution in [0.25, 0.3) is 0 Å². The molecule has 0 unspecified atom stereocenters. The summed E-state index contributed by atoms with van der Waals surface area (Å²) in [5, 5.41) is 0. The van der Waals surface area contributed by atoms with Gasteiger partial charge in [-0.3, -0.25) is 4.79 Å². The van der Waals surface area contributed by atoms with E-state index in [1.54, 1.807) is 0 Å². The highest BCUT2D eigenvalue weighted by Crippen LogP contribution is 2.15. The number of nitrogens with zero attached hydrogens (tertiary/aromatic N) is 1. The lowest BCUT2D eigenvalue weighted by molar-refractivity contribution is -0.128. The Balaban J connectivity index is 3.49. The maximum absolute atomic E-state index is 12.4. The molecule has 0 N–H and O–H groups in total. The van der Waals surface area contributed by atoms with E-state index in [2.05, 4.69) is 38.2 Å². The minimum absolute atomic E-state index is 0.128. The fourth-order valence-electron chi connectivity index (χ4n) is 6.96. The van der Waals surface area contributed by atoms with Crippen LogP contribution in [-0.2, 0) is 4.79 Å². The Morgan fingerprint density at radius 2 is 0.592 bits per heavy atom. The van der Waals surface area contributed by atoms with Crippen molar-refractivity contribution in [3.8, 4) is 0 Å². The Morgan fingerprint density at radius 1 is 0.367 bits per heavy atom. The van der Waals surface area contributed by atoms with Crippen molar-refractivity contribution in [2.45, 2.75) is 245 Å². The molecule has 0 fully saturated rings. The average molecular weight is 707 g/mol. The van der Waals surface area contributed by atoms with Crippen molar-refractivity contribution < 1.29 is 4.79 Å². The molecule has 290 valence electrons. The molecule has 0 spiro atoms. The van der Waals surface area contributed by atoms with Crippen LogP contribution in [0.5, 0.6) is 0 Å². The number of hydrogen-bond donors (Lipinski definition) is 0. The first kappa shape index (κ1) is 48.2. The Kier molecular flexibility index (Phi) is 42.7. The molecule has 3 heteroatoms. The van der Waals surface area contributed by atoms with Gasteiger partial charge in [-0.2, -0.15) is 0 Å². The van der Waals surface area contributed by atoms with Gasteiger partial charge >= 0.3 is 0 Å². The van der Waals surface area contributed by atoms with E-state index in [1.165, 1.54) is 218 Å². The van der Waals surface area contributed by atoms with Crippen LogP contribution in [0.4, 0.5) is 0 Å². The molecule has 0 aromatic heterocycles. The zero-order chi connectivity index (χ0) is 35.6. The van der Waals surface area contributed by atoms with Crippen LogP contribution in [-0.4, -0.2) is 29.8 Å². The van der Waals surface area contributed by atoms with Crippen molar-refractivity contribution in [2.75, 3.05) is 19.0 Å². The Hall–Kier alpha value is -0.760. The van der Waals surface area contributed by atoms with E-state index in [0.717, 1.165) is 25.9 Å². The van der Waals surface area contributed by atoms with E-state index < -0.39 is 0 Å². The van der Waals surface area contributed by atoms with E-state index in [1.807, 2.05) is 4.90 Å². The third-order valence-corrected chi connectivity index (χ3v) is 10.6. The van der Waals surface area contributed by atoms with Crippen LogP contribution >= 0.6 is 11.6 Å². The molecule has 0 aromatic rings. The number of unbranched alkanes of at least 4 members (excludes halogenated alkanes) is 32. The van der Waals surface area contributed by atoms with Gasteiger partial charge in [-0.15, -0.1) is 11.6 Å². The van der Waals surface area contributed by atoms with Gasteiger partial charge in [0, 0.05) is 13.1 Å². The summed E-state index contributed by atoms with van der Waals surface area (Å²) in [6.07, 6.45) is 58.3. The SMILES string of the molecule is CCCCCCCC/C=C\CCCCCCCCCCCCN(CCCCCCCCCCCC/C=C\CCCCCCCC)C(=O)CCl. The van der Waals surface area contributed by atoms with Gasteiger partial charge < -0.3 is 4.90 Å². The van der Waals surface area contributed by atoms with Gasteiger partial charge in [0.05, 0.1) is 0 Å². The van der Waals surface area contributed by atoms with Gasteiger partial charge in [-0.05, 0) is 64.2 Å². The molecule has 0 rings (SSSR count). The van der Waals surface area contributed by atoms with Crippen molar-refractivity contribution in [3.63, 3.8) is 0 Å². The van der Waals surface area contributed by atoms with Crippen LogP contribution in [0, 0.1) is 0 Å². The molecule has 0 aromatic carbocycles. The second-order valence-corrected chi connectivity index (χ2v) is 15.5. The molecular weight excluding hydrogens is 618 g/mol. The van der Waals surface area contributed by atoms with E-state index in [4.69, 9.17) is 11.6 Å². The summed E-state index contributed by atoms with van der Waals surface area (Å²) in [6.45, 7) is 6.37. The van der Waals surface area contributed by atoms with Crippen LogP contribution in [0.2, 0.25) is 0 Å². The molecule has 0 saturated carbocycles. The van der Waals surface area contributed by atoms with Crippen molar-refractivity contribution in [2.24, 2.45) is 0 Å². The number of rotatable bonds is 41. The molecule has 0 bridgehead atoms. The van der Waals surface area contributed by atoms with E-state index >= 15 is 0 Å². The van der Waals surface area contributed by atoms with Crippen molar-refractivity contribution in [3.05, 3.63) is 24.3 Å². The molecule has 0 radical (unpaired) electrons. The predicted molar refractivity (Wildman–Crippen MR) is 223 cm³/mol. The van der Waals surface area contributed by atoms with Crippen LogP contribution in [0.3, 0.4) is 0 Å². The molecule has 49 heavy (non-hydrogen) atoms. The molecule has 0 aliphatic rings. The summed E-state index contributed by atoms with van der Waals surface area (Å²) in [6, 6.07) is 0. The van der Waals surface area contributed by atoms with Gasteiger partial charge in [-0.25, -0.2) is 0 Å². The first-order valence-corrected chi connectivity index (χ1v) is 22.9. The number of amides is 1. The number of hydrogen-bond acceptors (Lipinski definition) is 1. The lowest BCUT2D eigenvalue weighted by atomic mass is 10.0. The Bertz CT molecular complexity index is 639. The van der Waals surface area contributed by atoms with E-state index in [-0.39, 0.29) is 11.8 Å². The standard InChI is InChI=1S/C46H88ClNO/c1-3-5-7-9-11-13-15-17-19-21-23-25-27-29-31-33-35-37-39-41-43-48(46(49)45-47)44-42-40-38-36-34-32-30-28-26-24-22-20-18-16-14-12-10-8-6-4-2/h17-20H,3-16,21-45H2,1-2H3/b19-17-,20-18-. The number of allylic oxidation sites excluding steroid dienone is 4. The summed E-state index contributed by atoms with van der Waals surface area (Å²) in [5.74, 6) is 0.258. The van der Waals surface area contributed by atoms with Crippen molar-refractivity contribution in [1.29, 1.82) is 0 Å². The maximum atomic E-state index is 12.4. The fourth-order valence-corrected chi connectivity index (χ4v) is 7.13. The molecule has 0 aliphatic heterocycles. The zero-order valence-corrected chi connectivity index (χ0v) is 34.4. The van der Waals surface area contributed by atoms with Crippen molar-refractivity contribution >= 4 is 17.5 Å². The summed E-state index contributed by atoms with van der Waals surface area (Å²) < 4.78 is 0. The van der Waals surface area contributed by atoms with Gasteiger partial charge in [0.1, 0.15) is 5.88 Å². The van der Waals surface area contributed by atoms with Crippen LogP contribution < -0.4 is 0 Å². The highest BCUT2D eigenvalue weighted by molar-refractivity contribution is 6.27. The minimum atomic E-state index is 0.128.